The van der Waals surface area contributed by atoms with Crippen LogP contribution in [0.5, 0.6) is 0 Å². The Bertz CT molecular complexity index is 506. The van der Waals surface area contributed by atoms with Crippen LogP contribution in [0.15, 0.2) is 29.3 Å². The number of anilines is 1. The molecule has 0 fully saturated rings. The zero-order valence-electron chi connectivity index (χ0n) is 16.8. The third kappa shape index (κ3) is 8.76. The Morgan fingerprint density at radius 3 is 2.24 bits per heavy atom. The molecule has 0 heterocycles. The molecule has 0 aliphatic rings. The maximum atomic E-state index is 4.31. The van der Waals surface area contributed by atoms with E-state index in [9.17, 15) is 0 Å². The molecule has 0 aliphatic carbocycles. The van der Waals surface area contributed by atoms with Crippen molar-refractivity contribution in [1.29, 1.82) is 0 Å². The van der Waals surface area contributed by atoms with Crippen molar-refractivity contribution in [2.24, 2.45) is 4.99 Å². The van der Waals surface area contributed by atoms with Crippen LogP contribution < -0.4 is 15.5 Å². The summed E-state index contributed by atoms with van der Waals surface area (Å²) in [5.41, 5.74) is 2.46. The van der Waals surface area contributed by atoms with Gasteiger partial charge in [-0.1, -0.05) is 12.1 Å². The van der Waals surface area contributed by atoms with Crippen molar-refractivity contribution < 1.29 is 0 Å². The van der Waals surface area contributed by atoms with Gasteiger partial charge in [-0.2, -0.15) is 0 Å². The van der Waals surface area contributed by atoms with E-state index in [0.717, 1.165) is 25.6 Å². The number of rotatable bonds is 8. The van der Waals surface area contributed by atoms with Gasteiger partial charge in [-0.25, -0.2) is 0 Å². The molecule has 0 unspecified atom stereocenters. The van der Waals surface area contributed by atoms with Gasteiger partial charge < -0.3 is 15.5 Å². The minimum absolute atomic E-state index is 0. The van der Waals surface area contributed by atoms with E-state index >= 15 is 0 Å². The van der Waals surface area contributed by atoms with Gasteiger partial charge >= 0.3 is 0 Å². The van der Waals surface area contributed by atoms with Gasteiger partial charge in [0.2, 0.25) is 0 Å². The number of halogens is 1. The van der Waals surface area contributed by atoms with Crippen LogP contribution in [0.25, 0.3) is 0 Å². The van der Waals surface area contributed by atoms with E-state index in [-0.39, 0.29) is 24.0 Å². The van der Waals surface area contributed by atoms with E-state index in [4.69, 9.17) is 0 Å². The number of hydrogen-bond donors (Lipinski definition) is 2. The number of nitrogens with zero attached hydrogens (tertiary/aromatic N) is 3. The number of benzene rings is 1. The van der Waals surface area contributed by atoms with Gasteiger partial charge in [0.15, 0.2) is 5.96 Å². The lowest BCUT2D eigenvalue weighted by atomic mass is 10.2. The average Bonchev–Trinajstić information content (AvgIpc) is 2.53. The van der Waals surface area contributed by atoms with Crippen molar-refractivity contribution in [3.05, 3.63) is 29.8 Å². The van der Waals surface area contributed by atoms with Crippen molar-refractivity contribution >= 4 is 35.6 Å². The third-order valence-corrected chi connectivity index (χ3v) is 4.10. The fraction of sp³-hybridized carbons (Fsp3) is 0.632. The molecule has 0 saturated heterocycles. The Balaban J connectivity index is 0.00000576. The van der Waals surface area contributed by atoms with Crippen LogP contribution in [0.4, 0.5) is 5.69 Å². The number of nitrogens with one attached hydrogen (secondary N) is 2. The van der Waals surface area contributed by atoms with E-state index in [1.807, 2.05) is 7.05 Å². The first-order valence-corrected chi connectivity index (χ1v) is 8.81. The fourth-order valence-corrected chi connectivity index (χ4v) is 2.77. The molecular weight excluding hydrogens is 425 g/mol. The minimum atomic E-state index is 0. The summed E-state index contributed by atoms with van der Waals surface area (Å²) in [4.78, 5) is 8.90. The Hall–Kier alpha value is -1.02. The van der Waals surface area contributed by atoms with Gasteiger partial charge in [-0.3, -0.25) is 9.89 Å². The predicted octanol–water partition coefficient (Wildman–Crippen LogP) is 3.15. The Kier molecular flexibility index (Phi) is 11.8. The van der Waals surface area contributed by atoms with Crippen molar-refractivity contribution in [3.63, 3.8) is 0 Å². The quantitative estimate of drug-likeness (QED) is 0.355. The summed E-state index contributed by atoms with van der Waals surface area (Å²) < 4.78 is 0. The zero-order valence-corrected chi connectivity index (χ0v) is 19.2. The van der Waals surface area contributed by atoms with Crippen LogP contribution in [0, 0.1) is 0 Å². The Labute approximate surface area is 171 Å². The van der Waals surface area contributed by atoms with Gasteiger partial charge in [0.05, 0.1) is 0 Å². The smallest absolute Gasteiger partial charge is 0.191 e. The number of guanidine groups is 1. The van der Waals surface area contributed by atoms with Crippen LogP contribution in [-0.4, -0.2) is 57.2 Å². The second kappa shape index (κ2) is 12.4. The van der Waals surface area contributed by atoms with Crippen LogP contribution >= 0.6 is 24.0 Å². The highest BCUT2D eigenvalue weighted by Crippen LogP contribution is 2.13. The lowest BCUT2D eigenvalue weighted by molar-refractivity contribution is 0.178. The minimum Gasteiger partial charge on any atom is -0.378 e. The standard InChI is InChI=1S/C19H35N5.HI/c1-15(2)24(16(3)4)12-11-21-19(20-5)22-14-17-9-8-10-18(13-17)23(6)7;/h8-10,13,15-16H,11-12,14H2,1-7H3,(H2,20,21,22);1H. The zero-order chi connectivity index (χ0) is 18.1. The molecule has 6 heteroatoms. The van der Waals surface area contributed by atoms with Gasteiger partial charge in [0.1, 0.15) is 0 Å². The van der Waals surface area contributed by atoms with Crippen LogP contribution in [-0.2, 0) is 6.54 Å². The SMILES string of the molecule is CN=C(NCCN(C(C)C)C(C)C)NCc1cccc(N(C)C)c1.I. The van der Waals surface area contributed by atoms with Gasteiger partial charge in [0, 0.05) is 58.5 Å². The van der Waals surface area contributed by atoms with E-state index < -0.39 is 0 Å². The summed E-state index contributed by atoms with van der Waals surface area (Å²) in [5, 5.41) is 6.79. The molecule has 0 spiro atoms. The molecule has 0 atom stereocenters. The molecule has 25 heavy (non-hydrogen) atoms. The summed E-state index contributed by atoms with van der Waals surface area (Å²) in [6.07, 6.45) is 0. The van der Waals surface area contributed by atoms with Crippen LogP contribution in [0.2, 0.25) is 0 Å². The molecular formula is C19H36IN5. The number of aliphatic imine (C=N–C) groups is 1. The van der Waals surface area contributed by atoms with Crippen LogP contribution in [0.1, 0.15) is 33.3 Å². The average molecular weight is 461 g/mol. The van der Waals surface area contributed by atoms with Crippen LogP contribution in [0.3, 0.4) is 0 Å². The Morgan fingerprint density at radius 1 is 1.08 bits per heavy atom. The van der Waals surface area contributed by atoms with Gasteiger partial charge in [-0.05, 0) is 45.4 Å². The summed E-state index contributed by atoms with van der Waals surface area (Å²) in [5.74, 6) is 0.845. The first-order valence-electron chi connectivity index (χ1n) is 8.81. The molecule has 5 nitrogen and oxygen atoms in total. The van der Waals surface area contributed by atoms with Crippen molar-refractivity contribution in [2.45, 2.75) is 46.3 Å². The highest BCUT2D eigenvalue weighted by atomic mass is 127. The monoisotopic (exact) mass is 461 g/mol. The largest absolute Gasteiger partial charge is 0.378 e. The third-order valence-electron chi connectivity index (χ3n) is 4.10. The molecule has 0 aromatic heterocycles. The molecule has 144 valence electrons. The normalized spacial score (nSPS) is 11.7. The molecule has 0 bridgehead atoms. The Morgan fingerprint density at radius 2 is 1.72 bits per heavy atom. The highest BCUT2D eigenvalue weighted by Gasteiger charge is 2.12. The van der Waals surface area contributed by atoms with E-state index in [1.54, 1.807) is 0 Å². The number of hydrogen-bond acceptors (Lipinski definition) is 3. The second-order valence-electron chi connectivity index (χ2n) is 6.84. The maximum absolute atomic E-state index is 4.31. The van der Waals surface area contributed by atoms with Crippen molar-refractivity contribution in [2.75, 3.05) is 39.1 Å². The maximum Gasteiger partial charge on any atom is 0.191 e. The second-order valence-corrected chi connectivity index (χ2v) is 6.84. The molecule has 1 rings (SSSR count). The summed E-state index contributed by atoms with van der Waals surface area (Å²) in [6.45, 7) is 11.6. The van der Waals surface area contributed by atoms with E-state index in [1.165, 1.54) is 11.3 Å². The topological polar surface area (TPSA) is 42.9 Å². The molecule has 0 saturated carbocycles. The van der Waals surface area contributed by atoms with E-state index in [2.05, 4.69) is 91.5 Å². The van der Waals surface area contributed by atoms with Gasteiger partial charge in [-0.15, -0.1) is 24.0 Å². The fourth-order valence-electron chi connectivity index (χ4n) is 2.77. The predicted molar refractivity (Wildman–Crippen MR) is 121 cm³/mol. The van der Waals surface area contributed by atoms with Gasteiger partial charge in [0.25, 0.3) is 0 Å². The highest BCUT2D eigenvalue weighted by molar-refractivity contribution is 14.0. The van der Waals surface area contributed by atoms with Crippen molar-refractivity contribution in [1.82, 2.24) is 15.5 Å². The van der Waals surface area contributed by atoms with Crippen molar-refractivity contribution in [3.8, 4) is 0 Å². The molecule has 0 amide bonds. The first-order chi connectivity index (χ1) is 11.3. The first kappa shape index (κ1) is 24.0. The van der Waals surface area contributed by atoms with E-state index in [0.29, 0.717) is 12.1 Å². The molecule has 2 N–H and O–H groups in total. The summed E-state index contributed by atoms with van der Waals surface area (Å²) >= 11 is 0. The summed E-state index contributed by atoms with van der Waals surface area (Å²) in [6, 6.07) is 9.63. The molecule has 1 aromatic rings. The molecule has 0 radical (unpaired) electrons. The molecule has 0 aliphatic heterocycles. The molecule has 1 aromatic carbocycles. The lowest BCUT2D eigenvalue weighted by Crippen LogP contribution is -2.45. The lowest BCUT2D eigenvalue weighted by Gasteiger charge is -2.30. The summed E-state index contributed by atoms with van der Waals surface area (Å²) in [7, 11) is 5.93.